The average molecular weight is 428 g/mol. The van der Waals surface area contributed by atoms with Crippen molar-refractivity contribution < 1.29 is 33.7 Å². The van der Waals surface area contributed by atoms with Crippen LogP contribution in [0.2, 0.25) is 0 Å². The van der Waals surface area contributed by atoms with Crippen molar-refractivity contribution in [1.82, 2.24) is 9.97 Å². The van der Waals surface area contributed by atoms with Crippen molar-refractivity contribution in [2.45, 2.75) is 0 Å². The second-order valence-electron chi connectivity index (χ2n) is 6.09. The van der Waals surface area contributed by atoms with E-state index >= 15 is 0 Å². The number of phenols is 2. The molecule has 1 aromatic heterocycles. The van der Waals surface area contributed by atoms with Gasteiger partial charge in [-0.25, -0.2) is 19.0 Å². The Kier molecular flexibility index (Phi) is 6.15. The Labute approximate surface area is 175 Å². The Morgan fingerprint density at radius 1 is 0.903 bits per heavy atom. The molecule has 10 nitrogen and oxygen atoms in total. The molecule has 3 aromatic rings. The number of hydrogen-bond donors (Lipinski definition) is 4. The standard InChI is InChI=1S/C20H17FN4O6/c1-30-18(28)12-7-10(3-5-15(12)26)23-17-14(21)9-22-20(25-17)24-11-4-6-16(27)13(8-11)19(29)31-2/h3-9,26-27H,1-2H3,(H2,22,23,24,25). The highest BCUT2D eigenvalue weighted by atomic mass is 19.1. The molecule has 1 heterocycles. The van der Waals surface area contributed by atoms with Gasteiger partial charge in [0.05, 0.1) is 20.4 Å². The summed E-state index contributed by atoms with van der Waals surface area (Å²) < 4.78 is 23.4. The Morgan fingerprint density at radius 2 is 1.42 bits per heavy atom. The summed E-state index contributed by atoms with van der Waals surface area (Å²) in [5.74, 6) is -3.08. The Hall–Kier alpha value is -4.41. The summed E-state index contributed by atoms with van der Waals surface area (Å²) >= 11 is 0. The van der Waals surface area contributed by atoms with Gasteiger partial charge in [-0.15, -0.1) is 0 Å². The lowest BCUT2D eigenvalue weighted by atomic mass is 10.1. The van der Waals surface area contributed by atoms with Gasteiger partial charge in [0.15, 0.2) is 11.6 Å². The third-order valence-corrected chi connectivity index (χ3v) is 4.07. The number of methoxy groups -OCH3 is 2. The summed E-state index contributed by atoms with van der Waals surface area (Å²) in [7, 11) is 2.34. The van der Waals surface area contributed by atoms with Gasteiger partial charge in [0.1, 0.15) is 22.6 Å². The van der Waals surface area contributed by atoms with Gasteiger partial charge in [-0.05, 0) is 36.4 Å². The molecular weight excluding hydrogens is 411 g/mol. The number of esters is 2. The van der Waals surface area contributed by atoms with Crippen LogP contribution < -0.4 is 10.6 Å². The normalized spacial score (nSPS) is 10.3. The molecule has 2 aromatic carbocycles. The van der Waals surface area contributed by atoms with Gasteiger partial charge in [-0.1, -0.05) is 0 Å². The summed E-state index contributed by atoms with van der Waals surface area (Å²) in [5.41, 5.74) is 0.417. The fourth-order valence-corrected chi connectivity index (χ4v) is 2.56. The molecule has 11 heteroatoms. The quantitative estimate of drug-likeness (QED) is 0.342. The van der Waals surface area contributed by atoms with Crippen LogP contribution in [0.1, 0.15) is 20.7 Å². The minimum atomic E-state index is -0.779. The summed E-state index contributed by atoms with van der Waals surface area (Å²) in [5, 5.41) is 25.0. The monoisotopic (exact) mass is 428 g/mol. The van der Waals surface area contributed by atoms with Crippen molar-refractivity contribution in [3.63, 3.8) is 0 Å². The maximum absolute atomic E-state index is 14.2. The van der Waals surface area contributed by atoms with Crippen molar-refractivity contribution in [2.75, 3.05) is 24.9 Å². The maximum Gasteiger partial charge on any atom is 0.341 e. The van der Waals surface area contributed by atoms with E-state index in [9.17, 15) is 24.2 Å². The predicted octanol–water partition coefficient (Wildman–Crippen LogP) is 3.09. The number of carbonyl (C=O) groups is 2. The molecular formula is C20H17FN4O6. The van der Waals surface area contributed by atoms with E-state index in [4.69, 9.17) is 0 Å². The van der Waals surface area contributed by atoms with Crippen molar-refractivity contribution in [3.05, 3.63) is 59.5 Å². The van der Waals surface area contributed by atoms with Crippen LogP contribution >= 0.6 is 0 Å². The highest BCUT2D eigenvalue weighted by Crippen LogP contribution is 2.27. The first-order valence-electron chi connectivity index (χ1n) is 8.71. The average Bonchev–Trinajstić information content (AvgIpc) is 2.77. The minimum absolute atomic E-state index is 0.0163. The van der Waals surface area contributed by atoms with E-state index < -0.39 is 17.8 Å². The number of benzene rings is 2. The molecule has 3 rings (SSSR count). The largest absolute Gasteiger partial charge is 0.507 e. The Bertz CT molecular complexity index is 1150. The third-order valence-electron chi connectivity index (χ3n) is 4.07. The van der Waals surface area contributed by atoms with E-state index in [0.29, 0.717) is 5.69 Å². The predicted molar refractivity (Wildman–Crippen MR) is 107 cm³/mol. The number of hydrogen-bond acceptors (Lipinski definition) is 10. The Morgan fingerprint density at radius 3 is 1.94 bits per heavy atom. The molecule has 0 fully saturated rings. The molecule has 0 unspecified atom stereocenters. The molecule has 0 atom stereocenters. The minimum Gasteiger partial charge on any atom is -0.507 e. The van der Waals surface area contributed by atoms with Crippen LogP contribution in [-0.4, -0.2) is 46.3 Å². The summed E-state index contributed by atoms with van der Waals surface area (Å²) in [6, 6.07) is 8.00. The van der Waals surface area contributed by atoms with Crippen molar-refractivity contribution in [1.29, 1.82) is 0 Å². The van der Waals surface area contributed by atoms with Gasteiger partial charge >= 0.3 is 11.9 Å². The first-order chi connectivity index (χ1) is 14.8. The van der Waals surface area contributed by atoms with E-state index in [1.54, 1.807) is 0 Å². The SMILES string of the molecule is COC(=O)c1cc(Nc2ncc(F)c(Nc3ccc(O)c(C(=O)OC)c3)n2)ccc1O. The number of aromatic hydroxyl groups is 2. The van der Waals surface area contributed by atoms with Crippen molar-refractivity contribution in [2.24, 2.45) is 0 Å². The number of carbonyl (C=O) groups excluding carboxylic acids is 2. The lowest BCUT2D eigenvalue weighted by Crippen LogP contribution is -2.06. The third kappa shape index (κ3) is 4.78. The Balaban J connectivity index is 1.86. The number of nitrogens with one attached hydrogen (secondary N) is 2. The second kappa shape index (κ2) is 8.95. The van der Waals surface area contributed by atoms with E-state index in [-0.39, 0.29) is 40.1 Å². The molecule has 0 saturated carbocycles. The number of halogens is 1. The molecule has 31 heavy (non-hydrogen) atoms. The lowest BCUT2D eigenvalue weighted by Gasteiger charge is -2.11. The van der Waals surface area contributed by atoms with Gasteiger partial charge < -0.3 is 30.3 Å². The van der Waals surface area contributed by atoms with Crippen molar-refractivity contribution in [3.8, 4) is 11.5 Å². The fraction of sp³-hybridized carbons (Fsp3) is 0.100. The molecule has 0 aliphatic carbocycles. The highest BCUT2D eigenvalue weighted by molar-refractivity contribution is 5.94. The van der Waals surface area contributed by atoms with Gasteiger partial charge in [-0.3, -0.25) is 0 Å². The van der Waals surface area contributed by atoms with Crippen molar-refractivity contribution >= 4 is 35.1 Å². The number of phenolic OH excluding ortho intramolecular Hbond substituents is 2. The molecule has 0 radical (unpaired) electrons. The maximum atomic E-state index is 14.2. The molecule has 0 saturated heterocycles. The number of aromatic nitrogens is 2. The van der Waals surface area contributed by atoms with Crippen LogP contribution in [0.25, 0.3) is 0 Å². The van der Waals surface area contributed by atoms with E-state index in [1.807, 2.05) is 0 Å². The number of rotatable bonds is 6. The topological polar surface area (TPSA) is 143 Å². The first kappa shape index (κ1) is 21.3. The molecule has 0 amide bonds. The molecule has 0 bridgehead atoms. The highest BCUT2D eigenvalue weighted by Gasteiger charge is 2.15. The van der Waals surface area contributed by atoms with Crippen LogP contribution in [0.4, 0.5) is 27.5 Å². The smallest absolute Gasteiger partial charge is 0.341 e. The van der Waals surface area contributed by atoms with Gasteiger partial charge in [-0.2, -0.15) is 4.98 Å². The van der Waals surface area contributed by atoms with Crippen LogP contribution in [0.3, 0.4) is 0 Å². The fourth-order valence-electron chi connectivity index (χ4n) is 2.56. The van der Waals surface area contributed by atoms with Crippen LogP contribution in [0.5, 0.6) is 11.5 Å². The first-order valence-corrected chi connectivity index (χ1v) is 8.71. The van der Waals surface area contributed by atoms with Crippen LogP contribution in [0, 0.1) is 5.82 Å². The van der Waals surface area contributed by atoms with Crippen LogP contribution in [0.15, 0.2) is 42.6 Å². The number of ether oxygens (including phenoxy) is 2. The summed E-state index contributed by atoms with van der Waals surface area (Å²) in [6.07, 6.45) is 0.918. The zero-order valence-electron chi connectivity index (χ0n) is 16.3. The van der Waals surface area contributed by atoms with E-state index in [2.05, 4.69) is 30.1 Å². The van der Waals surface area contributed by atoms with Gasteiger partial charge in [0, 0.05) is 11.4 Å². The van der Waals surface area contributed by atoms with Gasteiger partial charge in [0.25, 0.3) is 0 Å². The van der Waals surface area contributed by atoms with Gasteiger partial charge in [0.2, 0.25) is 5.95 Å². The molecule has 160 valence electrons. The molecule has 4 N–H and O–H groups in total. The molecule has 0 spiro atoms. The molecule has 0 aliphatic rings. The zero-order chi connectivity index (χ0) is 22.5. The lowest BCUT2D eigenvalue weighted by molar-refractivity contribution is 0.0588. The van der Waals surface area contributed by atoms with E-state index in [1.165, 1.54) is 50.6 Å². The summed E-state index contributed by atoms with van der Waals surface area (Å²) in [6.45, 7) is 0. The summed E-state index contributed by atoms with van der Waals surface area (Å²) in [4.78, 5) is 31.3. The zero-order valence-corrected chi connectivity index (χ0v) is 16.3. The number of nitrogens with zero attached hydrogens (tertiary/aromatic N) is 2. The molecule has 0 aliphatic heterocycles. The van der Waals surface area contributed by atoms with Crippen LogP contribution in [-0.2, 0) is 9.47 Å². The second-order valence-corrected chi connectivity index (χ2v) is 6.09. The van der Waals surface area contributed by atoms with E-state index in [0.717, 1.165) is 6.20 Å². The number of anilines is 4.